The van der Waals surface area contributed by atoms with E-state index in [1.165, 1.54) is 0 Å². The lowest BCUT2D eigenvalue weighted by Gasteiger charge is -2.17. The summed E-state index contributed by atoms with van der Waals surface area (Å²) >= 11 is 11.9. The highest BCUT2D eigenvalue weighted by Crippen LogP contribution is 2.31. The number of primary amides is 1. The Morgan fingerprint density at radius 2 is 1.93 bits per heavy atom. The van der Waals surface area contributed by atoms with Gasteiger partial charge in [-0.15, -0.1) is 0 Å². The van der Waals surface area contributed by atoms with E-state index in [9.17, 15) is 14.4 Å². The molecule has 3 N–H and O–H groups in total. The summed E-state index contributed by atoms with van der Waals surface area (Å²) in [6, 6.07) is 11.9. The van der Waals surface area contributed by atoms with E-state index in [1.807, 2.05) is 6.07 Å². The van der Waals surface area contributed by atoms with Gasteiger partial charge in [0.25, 0.3) is 0 Å². The standard InChI is InChI=1S/C20H19Cl2N3O3/c21-16-5-4-14(11-17(16)22)25-9-7-15(20(25)28)19(27)24-8-6-12-2-1-3-13(10-12)18(23)26/h1-5,10-11,15H,6-9H2,(H2,23,26)(H,24,27). The van der Waals surface area contributed by atoms with E-state index in [-0.39, 0.29) is 11.8 Å². The smallest absolute Gasteiger partial charge is 0.248 e. The third-order valence-electron chi connectivity index (χ3n) is 4.66. The van der Waals surface area contributed by atoms with Crippen LogP contribution in [0, 0.1) is 5.92 Å². The highest BCUT2D eigenvalue weighted by molar-refractivity contribution is 6.42. The molecule has 1 saturated heterocycles. The first-order valence-electron chi connectivity index (χ1n) is 8.79. The summed E-state index contributed by atoms with van der Waals surface area (Å²) in [6.45, 7) is 0.799. The van der Waals surface area contributed by atoms with Gasteiger partial charge in [0.15, 0.2) is 0 Å². The van der Waals surface area contributed by atoms with Gasteiger partial charge in [-0.1, -0.05) is 35.3 Å². The normalized spacial score (nSPS) is 16.3. The highest BCUT2D eigenvalue weighted by Gasteiger charge is 2.37. The molecule has 8 heteroatoms. The molecular weight excluding hydrogens is 401 g/mol. The second-order valence-electron chi connectivity index (χ2n) is 6.54. The molecule has 0 aromatic heterocycles. The van der Waals surface area contributed by atoms with Crippen LogP contribution in [0.2, 0.25) is 10.0 Å². The molecule has 1 fully saturated rings. The van der Waals surface area contributed by atoms with E-state index in [1.54, 1.807) is 41.3 Å². The third-order valence-corrected chi connectivity index (χ3v) is 5.40. The maximum Gasteiger partial charge on any atom is 0.248 e. The molecule has 1 unspecified atom stereocenters. The number of nitrogens with zero attached hydrogens (tertiary/aromatic N) is 1. The van der Waals surface area contributed by atoms with Crippen molar-refractivity contribution in [3.63, 3.8) is 0 Å². The van der Waals surface area contributed by atoms with Crippen molar-refractivity contribution in [2.45, 2.75) is 12.8 Å². The van der Waals surface area contributed by atoms with Crippen molar-refractivity contribution in [1.29, 1.82) is 0 Å². The zero-order valence-corrected chi connectivity index (χ0v) is 16.5. The SMILES string of the molecule is NC(=O)c1cccc(CCNC(=O)C2CCN(c3ccc(Cl)c(Cl)c3)C2=O)c1. The first-order valence-corrected chi connectivity index (χ1v) is 9.55. The lowest BCUT2D eigenvalue weighted by atomic mass is 10.1. The predicted octanol–water partition coefficient (Wildman–Crippen LogP) is 2.80. The average Bonchev–Trinajstić information content (AvgIpc) is 3.05. The van der Waals surface area contributed by atoms with Crippen molar-refractivity contribution >= 4 is 46.6 Å². The fourth-order valence-electron chi connectivity index (χ4n) is 3.17. The Hall–Kier alpha value is -2.57. The molecule has 3 rings (SSSR count). The van der Waals surface area contributed by atoms with Crippen LogP contribution in [-0.4, -0.2) is 30.8 Å². The molecule has 0 aliphatic carbocycles. The molecular formula is C20H19Cl2N3O3. The lowest BCUT2D eigenvalue weighted by Crippen LogP contribution is -2.37. The number of benzene rings is 2. The van der Waals surface area contributed by atoms with Gasteiger partial charge >= 0.3 is 0 Å². The Kier molecular flexibility index (Phi) is 6.21. The van der Waals surface area contributed by atoms with Crippen LogP contribution < -0.4 is 16.0 Å². The summed E-state index contributed by atoms with van der Waals surface area (Å²) in [4.78, 5) is 37.8. The number of hydrogen-bond donors (Lipinski definition) is 2. The summed E-state index contributed by atoms with van der Waals surface area (Å²) in [5, 5.41) is 3.56. The molecule has 1 atom stereocenters. The van der Waals surface area contributed by atoms with Gasteiger partial charge in [0.1, 0.15) is 5.92 Å². The number of carbonyl (C=O) groups excluding carboxylic acids is 3. The van der Waals surface area contributed by atoms with Gasteiger partial charge in [-0.3, -0.25) is 14.4 Å². The topological polar surface area (TPSA) is 92.5 Å². The van der Waals surface area contributed by atoms with Gasteiger partial charge < -0.3 is 16.0 Å². The van der Waals surface area contributed by atoms with Crippen molar-refractivity contribution in [2.75, 3.05) is 18.0 Å². The van der Waals surface area contributed by atoms with Crippen molar-refractivity contribution in [1.82, 2.24) is 5.32 Å². The Balaban J connectivity index is 1.56. The van der Waals surface area contributed by atoms with Crippen LogP contribution in [0.3, 0.4) is 0 Å². The number of halogens is 2. The van der Waals surface area contributed by atoms with Crippen LogP contribution in [0.5, 0.6) is 0 Å². The monoisotopic (exact) mass is 419 g/mol. The fourth-order valence-corrected chi connectivity index (χ4v) is 3.46. The number of nitrogens with two attached hydrogens (primary N) is 1. The summed E-state index contributed by atoms with van der Waals surface area (Å²) < 4.78 is 0. The fraction of sp³-hybridized carbons (Fsp3) is 0.250. The molecule has 0 saturated carbocycles. The maximum absolute atomic E-state index is 12.6. The predicted molar refractivity (Wildman–Crippen MR) is 109 cm³/mol. The molecule has 3 amide bonds. The highest BCUT2D eigenvalue weighted by atomic mass is 35.5. The Labute approximate surface area is 172 Å². The molecule has 0 bridgehead atoms. The van der Waals surface area contributed by atoms with Crippen LogP contribution >= 0.6 is 23.2 Å². The number of rotatable bonds is 6. The molecule has 146 valence electrons. The number of anilines is 1. The van der Waals surface area contributed by atoms with Gasteiger partial charge in [0.05, 0.1) is 10.0 Å². The molecule has 1 aliphatic heterocycles. The van der Waals surface area contributed by atoms with Crippen LogP contribution in [0.1, 0.15) is 22.3 Å². The van der Waals surface area contributed by atoms with Gasteiger partial charge in [-0.25, -0.2) is 0 Å². The third kappa shape index (κ3) is 4.46. The van der Waals surface area contributed by atoms with E-state index in [0.29, 0.717) is 47.2 Å². The number of carbonyl (C=O) groups is 3. The molecule has 6 nitrogen and oxygen atoms in total. The maximum atomic E-state index is 12.6. The zero-order valence-electron chi connectivity index (χ0n) is 15.0. The van der Waals surface area contributed by atoms with Gasteiger partial charge in [0.2, 0.25) is 17.7 Å². The Morgan fingerprint density at radius 3 is 2.64 bits per heavy atom. The molecule has 2 aromatic rings. The largest absolute Gasteiger partial charge is 0.366 e. The molecule has 2 aromatic carbocycles. The van der Waals surface area contributed by atoms with E-state index in [2.05, 4.69) is 5.32 Å². The summed E-state index contributed by atoms with van der Waals surface area (Å²) in [5.41, 5.74) is 7.20. The molecule has 0 radical (unpaired) electrons. The van der Waals surface area contributed by atoms with E-state index < -0.39 is 11.8 Å². The second-order valence-corrected chi connectivity index (χ2v) is 7.35. The molecule has 1 aliphatic rings. The van der Waals surface area contributed by atoms with Gasteiger partial charge in [0, 0.05) is 24.3 Å². The minimum Gasteiger partial charge on any atom is -0.366 e. The van der Waals surface area contributed by atoms with Crippen LogP contribution in [0.25, 0.3) is 0 Å². The van der Waals surface area contributed by atoms with Crippen molar-refractivity contribution < 1.29 is 14.4 Å². The van der Waals surface area contributed by atoms with E-state index >= 15 is 0 Å². The Morgan fingerprint density at radius 1 is 1.14 bits per heavy atom. The summed E-state index contributed by atoms with van der Waals surface area (Å²) in [6.07, 6.45) is 0.965. The number of hydrogen-bond acceptors (Lipinski definition) is 3. The first-order chi connectivity index (χ1) is 13.4. The molecule has 1 heterocycles. The van der Waals surface area contributed by atoms with E-state index in [0.717, 1.165) is 5.56 Å². The van der Waals surface area contributed by atoms with Crippen molar-refractivity contribution in [2.24, 2.45) is 11.7 Å². The van der Waals surface area contributed by atoms with Gasteiger partial charge in [-0.05, 0) is 48.7 Å². The Bertz CT molecular complexity index is 933. The quantitative estimate of drug-likeness (QED) is 0.704. The molecule has 28 heavy (non-hydrogen) atoms. The second kappa shape index (κ2) is 8.63. The molecule has 0 spiro atoms. The minimum absolute atomic E-state index is 0.258. The van der Waals surface area contributed by atoms with Crippen molar-refractivity contribution in [3.8, 4) is 0 Å². The number of nitrogens with one attached hydrogen (secondary N) is 1. The summed E-state index contributed by atoms with van der Waals surface area (Å²) in [7, 11) is 0. The minimum atomic E-state index is -0.730. The van der Waals surface area contributed by atoms with Crippen LogP contribution in [-0.2, 0) is 16.0 Å². The van der Waals surface area contributed by atoms with Crippen molar-refractivity contribution in [3.05, 3.63) is 63.6 Å². The van der Waals surface area contributed by atoms with E-state index in [4.69, 9.17) is 28.9 Å². The average molecular weight is 420 g/mol. The van der Waals surface area contributed by atoms with Crippen LogP contribution in [0.15, 0.2) is 42.5 Å². The summed E-state index contributed by atoms with van der Waals surface area (Å²) in [5.74, 6) is -1.79. The first kappa shape index (κ1) is 20.2. The lowest BCUT2D eigenvalue weighted by molar-refractivity contribution is -0.132. The zero-order chi connectivity index (χ0) is 20.3. The van der Waals surface area contributed by atoms with Gasteiger partial charge in [-0.2, -0.15) is 0 Å². The van der Waals surface area contributed by atoms with Crippen LogP contribution in [0.4, 0.5) is 5.69 Å². The number of amides is 3.